The van der Waals surface area contributed by atoms with E-state index in [1.807, 2.05) is 24.3 Å². The summed E-state index contributed by atoms with van der Waals surface area (Å²) in [6.07, 6.45) is 0.107. The average Bonchev–Trinajstić information content (AvgIpc) is 2.92. The van der Waals surface area contributed by atoms with E-state index in [-0.39, 0.29) is 31.5 Å². The van der Waals surface area contributed by atoms with Crippen LogP contribution in [0.5, 0.6) is 0 Å². The number of carbonyl (C=O) groups excluding carboxylic acids is 1. The maximum absolute atomic E-state index is 12.3. The van der Waals surface area contributed by atoms with Gasteiger partial charge in [-0.3, -0.25) is 9.59 Å². The van der Waals surface area contributed by atoms with Gasteiger partial charge in [-0.15, -0.1) is 0 Å². The third kappa shape index (κ3) is 3.94. The van der Waals surface area contributed by atoms with Crippen LogP contribution >= 0.6 is 0 Å². The largest absolute Gasteiger partial charge is 0.480 e. The molecule has 1 aliphatic rings. The van der Waals surface area contributed by atoms with Gasteiger partial charge in [-0.25, -0.2) is 0 Å². The van der Waals surface area contributed by atoms with Gasteiger partial charge in [0.1, 0.15) is 6.61 Å². The first-order valence-corrected chi connectivity index (χ1v) is 8.68. The van der Waals surface area contributed by atoms with Crippen molar-refractivity contribution in [3.8, 4) is 11.1 Å². The number of hydrogen-bond acceptors (Lipinski definition) is 4. The maximum Gasteiger partial charge on any atom is 0.317 e. The van der Waals surface area contributed by atoms with Crippen LogP contribution < -0.4 is 5.32 Å². The first kappa shape index (κ1) is 18.1. The summed E-state index contributed by atoms with van der Waals surface area (Å²) in [4.78, 5) is 23.0. The zero-order valence-electron chi connectivity index (χ0n) is 15.0. The molecule has 2 aromatic carbocycles. The monoisotopic (exact) mass is 353 g/mol. The second kappa shape index (κ2) is 7.30. The summed E-state index contributed by atoms with van der Waals surface area (Å²) in [5, 5.41) is 11.6. The van der Waals surface area contributed by atoms with Crippen LogP contribution in [0.3, 0.4) is 0 Å². The van der Waals surface area contributed by atoms with Gasteiger partial charge in [0.25, 0.3) is 0 Å². The molecule has 0 aromatic heterocycles. The molecule has 0 amide bonds. The molecule has 3 rings (SSSR count). The molecule has 0 heterocycles. The zero-order valence-corrected chi connectivity index (χ0v) is 15.0. The van der Waals surface area contributed by atoms with Gasteiger partial charge in [-0.1, -0.05) is 48.5 Å². The predicted molar refractivity (Wildman–Crippen MR) is 99.0 cm³/mol. The van der Waals surface area contributed by atoms with Crippen LogP contribution in [-0.2, 0) is 14.3 Å². The van der Waals surface area contributed by atoms with Crippen LogP contribution in [0.1, 0.15) is 37.3 Å². The quantitative estimate of drug-likeness (QED) is 0.748. The molecular weight excluding hydrogens is 330 g/mol. The van der Waals surface area contributed by atoms with Crippen molar-refractivity contribution in [3.05, 3.63) is 59.7 Å². The van der Waals surface area contributed by atoms with Crippen molar-refractivity contribution >= 4 is 11.9 Å². The fourth-order valence-electron chi connectivity index (χ4n) is 3.40. The van der Waals surface area contributed by atoms with Gasteiger partial charge in [0.05, 0.1) is 13.0 Å². The summed E-state index contributed by atoms with van der Waals surface area (Å²) in [6, 6.07) is 16.4. The van der Waals surface area contributed by atoms with Crippen LogP contribution in [0.15, 0.2) is 48.5 Å². The Hall–Kier alpha value is -2.66. The number of hydrogen-bond donors (Lipinski definition) is 2. The van der Waals surface area contributed by atoms with Crippen molar-refractivity contribution in [1.29, 1.82) is 0 Å². The minimum atomic E-state index is -0.953. The van der Waals surface area contributed by atoms with Gasteiger partial charge in [-0.2, -0.15) is 0 Å². The fraction of sp³-hybridized carbons (Fsp3) is 0.333. The molecule has 0 unspecified atom stereocenters. The number of benzene rings is 2. The lowest BCUT2D eigenvalue weighted by Crippen LogP contribution is -2.44. The number of carboxylic acids is 1. The first-order chi connectivity index (χ1) is 12.4. The Kier molecular flexibility index (Phi) is 5.09. The lowest BCUT2D eigenvalue weighted by molar-refractivity contribution is -0.146. The second-order valence-electron chi connectivity index (χ2n) is 7.22. The topological polar surface area (TPSA) is 75.6 Å². The number of nitrogens with one attached hydrogen (secondary N) is 1. The molecule has 136 valence electrons. The molecular formula is C21H23NO4. The third-order valence-electron chi connectivity index (χ3n) is 4.68. The van der Waals surface area contributed by atoms with Crippen molar-refractivity contribution in [3.63, 3.8) is 0 Å². The molecule has 26 heavy (non-hydrogen) atoms. The Labute approximate surface area is 153 Å². The standard InChI is InChI=1S/C21H23NO4/c1-21(2,22-12-19(23)24)11-20(25)26-13-18-16-9-5-3-7-14(16)15-8-4-6-10-17(15)18/h3-10,18,22H,11-13H2,1-2H3,(H,23,24). The average molecular weight is 353 g/mol. The number of carbonyl (C=O) groups is 2. The summed E-state index contributed by atoms with van der Waals surface area (Å²) < 4.78 is 5.56. The highest BCUT2D eigenvalue weighted by Crippen LogP contribution is 2.44. The van der Waals surface area contributed by atoms with Crippen LogP contribution in [0.25, 0.3) is 11.1 Å². The normalized spacial score (nSPS) is 13.2. The fourth-order valence-corrected chi connectivity index (χ4v) is 3.40. The van der Waals surface area contributed by atoms with E-state index in [4.69, 9.17) is 9.84 Å². The molecule has 0 spiro atoms. The minimum Gasteiger partial charge on any atom is -0.480 e. The Balaban J connectivity index is 1.66. The Bertz CT molecular complexity index is 783. The lowest BCUT2D eigenvalue weighted by Gasteiger charge is -2.24. The molecule has 0 atom stereocenters. The maximum atomic E-state index is 12.3. The van der Waals surface area contributed by atoms with E-state index in [0.29, 0.717) is 0 Å². The molecule has 0 radical (unpaired) electrons. The minimum absolute atomic E-state index is 0.0291. The summed E-state index contributed by atoms with van der Waals surface area (Å²) in [7, 11) is 0. The third-order valence-corrected chi connectivity index (χ3v) is 4.68. The number of carboxylic acid groups (broad SMARTS) is 1. The van der Waals surface area contributed by atoms with Crippen LogP contribution in [-0.4, -0.2) is 35.7 Å². The molecule has 0 saturated heterocycles. The lowest BCUT2D eigenvalue weighted by atomic mass is 9.98. The van der Waals surface area contributed by atoms with Crippen molar-refractivity contribution in [2.45, 2.75) is 31.7 Å². The molecule has 0 saturated carbocycles. The summed E-state index contributed by atoms with van der Waals surface area (Å²) in [5.74, 6) is -1.26. The smallest absolute Gasteiger partial charge is 0.317 e. The van der Waals surface area contributed by atoms with Crippen LogP contribution in [0.2, 0.25) is 0 Å². The van der Waals surface area contributed by atoms with E-state index in [1.165, 1.54) is 22.3 Å². The van der Waals surface area contributed by atoms with E-state index >= 15 is 0 Å². The number of ether oxygens (including phenoxy) is 1. The van der Waals surface area contributed by atoms with Gasteiger partial charge in [0.2, 0.25) is 0 Å². The van der Waals surface area contributed by atoms with E-state index in [0.717, 1.165) is 0 Å². The van der Waals surface area contributed by atoms with E-state index < -0.39 is 11.5 Å². The highest BCUT2D eigenvalue weighted by molar-refractivity contribution is 5.79. The molecule has 0 fully saturated rings. The van der Waals surface area contributed by atoms with Crippen molar-refractivity contribution in [2.75, 3.05) is 13.2 Å². The highest BCUT2D eigenvalue weighted by atomic mass is 16.5. The molecule has 0 bridgehead atoms. The molecule has 1 aliphatic carbocycles. The Morgan fingerprint density at radius 1 is 1.04 bits per heavy atom. The number of esters is 1. The number of fused-ring (bicyclic) bond motifs is 3. The summed E-state index contributed by atoms with van der Waals surface area (Å²) in [6.45, 7) is 3.67. The zero-order chi connectivity index (χ0) is 18.7. The molecule has 2 aromatic rings. The highest BCUT2D eigenvalue weighted by Gasteiger charge is 2.30. The van der Waals surface area contributed by atoms with Crippen molar-refractivity contribution in [1.82, 2.24) is 5.32 Å². The SMILES string of the molecule is CC(C)(CC(=O)OCC1c2ccccc2-c2ccccc21)NCC(=O)O. The van der Waals surface area contributed by atoms with E-state index in [9.17, 15) is 9.59 Å². The van der Waals surface area contributed by atoms with Gasteiger partial charge < -0.3 is 15.2 Å². The second-order valence-corrected chi connectivity index (χ2v) is 7.22. The molecule has 2 N–H and O–H groups in total. The van der Waals surface area contributed by atoms with Crippen molar-refractivity contribution in [2.24, 2.45) is 0 Å². The molecule has 5 heteroatoms. The predicted octanol–water partition coefficient (Wildman–Crippen LogP) is 3.19. The molecule has 0 aliphatic heterocycles. The number of rotatable bonds is 7. The van der Waals surface area contributed by atoms with E-state index in [1.54, 1.807) is 13.8 Å². The van der Waals surface area contributed by atoms with Gasteiger partial charge in [-0.05, 0) is 36.1 Å². The molecule has 5 nitrogen and oxygen atoms in total. The summed E-state index contributed by atoms with van der Waals surface area (Å²) >= 11 is 0. The van der Waals surface area contributed by atoms with Crippen molar-refractivity contribution < 1.29 is 19.4 Å². The number of aliphatic carboxylic acids is 1. The van der Waals surface area contributed by atoms with Crippen LogP contribution in [0.4, 0.5) is 0 Å². The van der Waals surface area contributed by atoms with Gasteiger partial charge in [0, 0.05) is 11.5 Å². The Morgan fingerprint density at radius 3 is 2.12 bits per heavy atom. The van der Waals surface area contributed by atoms with Crippen LogP contribution in [0, 0.1) is 0 Å². The first-order valence-electron chi connectivity index (χ1n) is 8.68. The van der Waals surface area contributed by atoms with Gasteiger partial charge in [0.15, 0.2) is 0 Å². The summed E-state index contributed by atoms with van der Waals surface area (Å²) in [5.41, 5.74) is 4.08. The van der Waals surface area contributed by atoms with Gasteiger partial charge >= 0.3 is 11.9 Å². The van der Waals surface area contributed by atoms with E-state index in [2.05, 4.69) is 29.6 Å². The Morgan fingerprint density at radius 2 is 1.58 bits per heavy atom.